The average Bonchev–Trinajstić information content (AvgIpc) is 2.10. The number of esters is 1. The number of rotatable bonds is 6. The highest BCUT2D eigenvalue weighted by Crippen LogP contribution is 2.30. The molecule has 0 aromatic heterocycles. The minimum absolute atomic E-state index is 0.105. The van der Waals surface area contributed by atoms with Crippen molar-refractivity contribution in [1.29, 1.82) is 0 Å². The van der Waals surface area contributed by atoms with Gasteiger partial charge in [-0.1, -0.05) is 0 Å². The Bertz CT molecular complexity index is 184. The molecule has 4 nitrogen and oxygen atoms in total. The normalized spacial score (nSPS) is 18.7. The fourth-order valence-corrected chi connectivity index (χ4v) is 1.66. The van der Waals surface area contributed by atoms with Crippen molar-refractivity contribution in [3.05, 3.63) is 0 Å². The van der Waals surface area contributed by atoms with Gasteiger partial charge in [-0.3, -0.25) is 4.79 Å². The van der Waals surface area contributed by atoms with Crippen LogP contribution in [0.25, 0.3) is 0 Å². The van der Waals surface area contributed by atoms with E-state index in [9.17, 15) is 4.79 Å². The number of nitrogens with one attached hydrogen (secondary N) is 1. The Labute approximate surface area is 84.6 Å². The first-order valence-corrected chi connectivity index (χ1v) is 5.24. The second-order valence-electron chi connectivity index (χ2n) is 3.77. The van der Waals surface area contributed by atoms with Gasteiger partial charge in [0.15, 0.2) is 0 Å². The largest absolute Gasteiger partial charge is 0.466 e. The third-order valence-electron chi connectivity index (χ3n) is 2.75. The Kier molecular flexibility index (Phi) is 4.35. The van der Waals surface area contributed by atoms with Crippen molar-refractivity contribution < 1.29 is 14.6 Å². The molecule has 1 saturated carbocycles. The Hall–Kier alpha value is -0.610. The molecule has 1 fully saturated rings. The van der Waals surface area contributed by atoms with E-state index in [1.165, 1.54) is 0 Å². The highest BCUT2D eigenvalue weighted by molar-refractivity contribution is 5.69. The van der Waals surface area contributed by atoms with E-state index in [-0.39, 0.29) is 18.1 Å². The SMILES string of the molecule is CCOC(=O)CCNC1(CO)CCC1. The number of ether oxygens (including phenoxy) is 1. The maximum Gasteiger partial charge on any atom is 0.307 e. The highest BCUT2D eigenvalue weighted by Gasteiger charge is 2.35. The molecule has 4 heteroatoms. The zero-order chi connectivity index (χ0) is 10.4. The second-order valence-corrected chi connectivity index (χ2v) is 3.77. The molecule has 1 aliphatic carbocycles. The lowest BCUT2D eigenvalue weighted by Gasteiger charge is -2.41. The summed E-state index contributed by atoms with van der Waals surface area (Å²) in [5.74, 6) is -0.174. The van der Waals surface area contributed by atoms with E-state index in [1.807, 2.05) is 0 Å². The zero-order valence-corrected chi connectivity index (χ0v) is 8.71. The molecule has 0 saturated heterocycles. The fraction of sp³-hybridized carbons (Fsp3) is 0.900. The van der Waals surface area contributed by atoms with Gasteiger partial charge in [0, 0.05) is 12.1 Å². The molecule has 1 rings (SSSR count). The first-order chi connectivity index (χ1) is 6.72. The molecule has 0 spiro atoms. The highest BCUT2D eigenvalue weighted by atomic mass is 16.5. The minimum Gasteiger partial charge on any atom is -0.466 e. The molecule has 82 valence electrons. The van der Waals surface area contributed by atoms with Crippen LogP contribution >= 0.6 is 0 Å². The van der Waals surface area contributed by atoms with Crippen molar-refractivity contribution in [2.24, 2.45) is 0 Å². The Morgan fingerprint density at radius 1 is 1.57 bits per heavy atom. The second kappa shape index (κ2) is 5.32. The van der Waals surface area contributed by atoms with Crippen LogP contribution in [0.5, 0.6) is 0 Å². The van der Waals surface area contributed by atoms with Crippen LogP contribution in [0.2, 0.25) is 0 Å². The molecule has 2 N–H and O–H groups in total. The number of hydrogen-bond acceptors (Lipinski definition) is 4. The van der Waals surface area contributed by atoms with Gasteiger partial charge in [0.2, 0.25) is 0 Å². The predicted octanol–water partition coefficient (Wildman–Crippen LogP) is 0.444. The van der Waals surface area contributed by atoms with Crippen molar-refractivity contribution in [3.63, 3.8) is 0 Å². The van der Waals surface area contributed by atoms with Crippen molar-refractivity contribution in [2.75, 3.05) is 19.8 Å². The molecular weight excluding hydrogens is 182 g/mol. The standard InChI is InChI=1S/C10H19NO3/c1-2-14-9(13)4-7-11-10(8-12)5-3-6-10/h11-12H,2-8H2,1H3. The molecule has 0 aromatic carbocycles. The molecule has 0 bridgehead atoms. The van der Waals surface area contributed by atoms with Crippen LogP contribution in [0, 0.1) is 0 Å². The number of carbonyl (C=O) groups is 1. The van der Waals surface area contributed by atoms with Gasteiger partial charge in [-0.2, -0.15) is 0 Å². The van der Waals surface area contributed by atoms with Crippen LogP contribution in [0.15, 0.2) is 0 Å². The minimum atomic E-state index is -0.174. The van der Waals surface area contributed by atoms with Crippen LogP contribution in [0.1, 0.15) is 32.6 Å². The summed E-state index contributed by atoms with van der Waals surface area (Å²) >= 11 is 0. The van der Waals surface area contributed by atoms with E-state index in [1.54, 1.807) is 6.92 Å². The van der Waals surface area contributed by atoms with E-state index in [4.69, 9.17) is 9.84 Å². The zero-order valence-electron chi connectivity index (χ0n) is 8.71. The monoisotopic (exact) mass is 201 g/mol. The Morgan fingerprint density at radius 2 is 2.29 bits per heavy atom. The van der Waals surface area contributed by atoms with Gasteiger partial charge in [-0.25, -0.2) is 0 Å². The third kappa shape index (κ3) is 2.96. The number of aliphatic hydroxyl groups excluding tert-OH is 1. The lowest BCUT2D eigenvalue weighted by molar-refractivity contribution is -0.143. The van der Waals surface area contributed by atoms with Crippen LogP contribution in [0.3, 0.4) is 0 Å². The quantitative estimate of drug-likeness (QED) is 0.612. The van der Waals surface area contributed by atoms with Gasteiger partial charge >= 0.3 is 5.97 Å². The van der Waals surface area contributed by atoms with E-state index in [2.05, 4.69) is 5.32 Å². The summed E-state index contributed by atoms with van der Waals surface area (Å²) in [5.41, 5.74) is -0.105. The van der Waals surface area contributed by atoms with Crippen LogP contribution in [0.4, 0.5) is 0 Å². The van der Waals surface area contributed by atoms with Gasteiger partial charge in [0.1, 0.15) is 0 Å². The molecule has 0 aromatic rings. The summed E-state index contributed by atoms with van der Waals surface area (Å²) in [7, 11) is 0. The summed E-state index contributed by atoms with van der Waals surface area (Å²) in [4.78, 5) is 11.0. The van der Waals surface area contributed by atoms with Gasteiger partial charge in [-0.15, -0.1) is 0 Å². The van der Waals surface area contributed by atoms with Gasteiger partial charge < -0.3 is 15.2 Å². The lowest BCUT2D eigenvalue weighted by Crippen LogP contribution is -2.54. The third-order valence-corrected chi connectivity index (χ3v) is 2.75. The van der Waals surface area contributed by atoms with Crippen molar-refractivity contribution in [3.8, 4) is 0 Å². The molecule has 0 heterocycles. The average molecular weight is 201 g/mol. The van der Waals surface area contributed by atoms with Crippen LogP contribution in [-0.2, 0) is 9.53 Å². The summed E-state index contributed by atoms with van der Waals surface area (Å²) in [6.45, 7) is 2.99. The first kappa shape index (κ1) is 11.5. The molecule has 0 radical (unpaired) electrons. The summed E-state index contributed by atoms with van der Waals surface area (Å²) in [6, 6.07) is 0. The fourth-order valence-electron chi connectivity index (χ4n) is 1.66. The lowest BCUT2D eigenvalue weighted by atomic mass is 9.77. The first-order valence-electron chi connectivity index (χ1n) is 5.24. The smallest absolute Gasteiger partial charge is 0.307 e. The number of carbonyl (C=O) groups excluding carboxylic acids is 1. The van der Waals surface area contributed by atoms with E-state index in [0.29, 0.717) is 19.6 Å². The molecule has 0 unspecified atom stereocenters. The molecule has 0 atom stereocenters. The number of aliphatic hydroxyl groups is 1. The van der Waals surface area contributed by atoms with Crippen molar-refractivity contribution in [1.82, 2.24) is 5.32 Å². The molecule has 0 aliphatic heterocycles. The molecular formula is C10H19NO3. The summed E-state index contributed by atoms with van der Waals surface area (Å²) in [6.07, 6.45) is 3.56. The van der Waals surface area contributed by atoms with E-state index in [0.717, 1.165) is 19.3 Å². The van der Waals surface area contributed by atoms with Crippen LogP contribution in [-0.4, -0.2) is 36.4 Å². The molecule has 14 heavy (non-hydrogen) atoms. The summed E-state index contributed by atoms with van der Waals surface area (Å²) < 4.78 is 4.80. The van der Waals surface area contributed by atoms with Crippen molar-refractivity contribution in [2.45, 2.75) is 38.1 Å². The van der Waals surface area contributed by atoms with Gasteiger partial charge in [0.25, 0.3) is 0 Å². The Morgan fingerprint density at radius 3 is 2.71 bits per heavy atom. The molecule has 1 aliphatic rings. The topological polar surface area (TPSA) is 58.6 Å². The maximum atomic E-state index is 11.0. The summed E-state index contributed by atoms with van der Waals surface area (Å²) in [5, 5.41) is 12.3. The van der Waals surface area contributed by atoms with Gasteiger partial charge in [-0.05, 0) is 26.2 Å². The van der Waals surface area contributed by atoms with Gasteiger partial charge in [0.05, 0.1) is 19.6 Å². The number of hydrogen-bond donors (Lipinski definition) is 2. The predicted molar refractivity (Wildman–Crippen MR) is 52.9 cm³/mol. The Balaban J connectivity index is 2.11. The van der Waals surface area contributed by atoms with E-state index < -0.39 is 0 Å². The van der Waals surface area contributed by atoms with Crippen LogP contribution < -0.4 is 5.32 Å². The molecule has 0 amide bonds. The van der Waals surface area contributed by atoms with E-state index >= 15 is 0 Å². The van der Waals surface area contributed by atoms with Crippen molar-refractivity contribution >= 4 is 5.97 Å². The maximum absolute atomic E-state index is 11.0.